The Morgan fingerprint density at radius 1 is 1.24 bits per heavy atom. The highest BCUT2D eigenvalue weighted by molar-refractivity contribution is 5.98. The average molecular weight is 278 g/mol. The predicted octanol–water partition coefficient (Wildman–Crippen LogP) is 2.55. The monoisotopic (exact) mass is 278 g/mol. The van der Waals surface area contributed by atoms with Crippen LogP contribution in [0.4, 0.5) is 5.69 Å². The lowest BCUT2D eigenvalue weighted by atomic mass is 10.1. The van der Waals surface area contributed by atoms with Gasteiger partial charge in [0, 0.05) is 6.21 Å². The van der Waals surface area contributed by atoms with Crippen LogP contribution in [-0.2, 0) is 0 Å². The Labute approximate surface area is 123 Å². The second kappa shape index (κ2) is 6.92. The third kappa shape index (κ3) is 3.95. The Bertz CT molecular complexity index is 697. The number of para-hydroxylation sites is 1. The van der Waals surface area contributed by atoms with Crippen molar-refractivity contribution in [1.29, 1.82) is 0 Å². The summed E-state index contributed by atoms with van der Waals surface area (Å²) in [6.45, 7) is 0.236. The molecule has 2 aromatic carbocycles. The van der Waals surface area contributed by atoms with E-state index >= 15 is 0 Å². The summed E-state index contributed by atoms with van der Waals surface area (Å²) < 4.78 is 5.28. The van der Waals surface area contributed by atoms with Gasteiger partial charge < -0.3 is 10.5 Å². The third-order valence-electron chi connectivity index (χ3n) is 2.72. The standard InChI is InChI=1S/C17H14N2O2/c1-2-11-21-14-9-7-13(8-10-14)12-19-16-6-4-3-5-15(16)17(18)20/h1,3-10,12H,11H2,(H2,18,20). The van der Waals surface area contributed by atoms with E-state index in [0.717, 1.165) is 5.56 Å². The van der Waals surface area contributed by atoms with Gasteiger partial charge in [0.15, 0.2) is 0 Å². The summed E-state index contributed by atoms with van der Waals surface area (Å²) in [7, 11) is 0. The fourth-order valence-corrected chi connectivity index (χ4v) is 1.71. The zero-order valence-electron chi connectivity index (χ0n) is 11.3. The van der Waals surface area contributed by atoms with E-state index in [1.165, 1.54) is 0 Å². The van der Waals surface area contributed by atoms with Gasteiger partial charge in [0.05, 0.1) is 11.3 Å². The molecule has 0 aliphatic heterocycles. The molecule has 21 heavy (non-hydrogen) atoms. The molecule has 0 bridgehead atoms. The number of nitrogens with two attached hydrogens (primary N) is 1. The SMILES string of the molecule is C#CCOc1ccc(C=Nc2ccccc2C(N)=O)cc1. The number of ether oxygens (including phenoxy) is 1. The third-order valence-corrected chi connectivity index (χ3v) is 2.72. The first-order valence-electron chi connectivity index (χ1n) is 6.30. The molecule has 4 heteroatoms. The van der Waals surface area contributed by atoms with Gasteiger partial charge >= 0.3 is 0 Å². The van der Waals surface area contributed by atoms with Gasteiger partial charge in [0.1, 0.15) is 12.4 Å². The number of benzene rings is 2. The maximum Gasteiger partial charge on any atom is 0.250 e. The van der Waals surface area contributed by atoms with Gasteiger partial charge in [0.2, 0.25) is 0 Å². The predicted molar refractivity (Wildman–Crippen MR) is 83.0 cm³/mol. The summed E-state index contributed by atoms with van der Waals surface area (Å²) in [6.07, 6.45) is 6.78. The van der Waals surface area contributed by atoms with Crippen LogP contribution in [0.2, 0.25) is 0 Å². The topological polar surface area (TPSA) is 64.7 Å². The van der Waals surface area contributed by atoms with Gasteiger partial charge in [-0.15, -0.1) is 6.42 Å². The van der Waals surface area contributed by atoms with Gasteiger partial charge in [-0.05, 0) is 42.0 Å². The molecule has 0 atom stereocenters. The minimum Gasteiger partial charge on any atom is -0.481 e. The number of hydrogen-bond donors (Lipinski definition) is 1. The lowest BCUT2D eigenvalue weighted by Crippen LogP contribution is -2.10. The van der Waals surface area contributed by atoms with Crippen LogP contribution >= 0.6 is 0 Å². The van der Waals surface area contributed by atoms with Gasteiger partial charge in [-0.3, -0.25) is 9.79 Å². The van der Waals surface area contributed by atoms with Crippen molar-refractivity contribution in [3.63, 3.8) is 0 Å². The molecule has 4 nitrogen and oxygen atoms in total. The molecule has 0 unspecified atom stereocenters. The smallest absolute Gasteiger partial charge is 0.250 e. The number of hydrogen-bond acceptors (Lipinski definition) is 3. The van der Waals surface area contributed by atoms with Crippen molar-refractivity contribution in [3.8, 4) is 18.1 Å². The van der Waals surface area contributed by atoms with Crippen LogP contribution in [-0.4, -0.2) is 18.7 Å². The first-order valence-corrected chi connectivity index (χ1v) is 6.30. The van der Waals surface area contributed by atoms with Gasteiger partial charge in [0.25, 0.3) is 5.91 Å². The normalized spacial score (nSPS) is 10.2. The van der Waals surface area contributed by atoms with Crippen LogP contribution in [0.3, 0.4) is 0 Å². The van der Waals surface area contributed by atoms with Crippen molar-refractivity contribution in [3.05, 3.63) is 59.7 Å². The molecule has 0 aliphatic carbocycles. The summed E-state index contributed by atoms with van der Waals surface area (Å²) in [6, 6.07) is 14.2. The number of primary amides is 1. The van der Waals surface area contributed by atoms with Crippen LogP contribution < -0.4 is 10.5 Å². The van der Waals surface area contributed by atoms with E-state index in [-0.39, 0.29) is 6.61 Å². The molecule has 2 rings (SSSR count). The quantitative estimate of drug-likeness (QED) is 0.674. The van der Waals surface area contributed by atoms with E-state index in [4.69, 9.17) is 16.9 Å². The zero-order valence-corrected chi connectivity index (χ0v) is 11.3. The molecule has 0 aromatic heterocycles. The second-order valence-electron chi connectivity index (χ2n) is 4.20. The lowest BCUT2D eigenvalue weighted by molar-refractivity contribution is 0.100. The fourth-order valence-electron chi connectivity index (χ4n) is 1.71. The van der Waals surface area contributed by atoms with E-state index in [1.807, 2.05) is 12.1 Å². The minimum absolute atomic E-state index is 0.236. The van der Waals surface area contributed by atoms with E-state index < -0.39 is 5.91 Å². The maximum atomic E-state index is 11.3. The Balaban J connectivity index is 2.15. The van der Waals surface area contributed by atoms with E-state index in [9.17, 15) is 4.79 Å². The first-order chi connectivity index (χ1) is 10.2. The van der Waals surface area contributed by atoms with Crippen molar-refractivity contribution in [2.75, 3.05) is 6.61 Å². The van der Waals surface area contributed by atoms with E-state index in [0.29, 0.717) is 17.0 Å². The van der Waals surface area contributed by atoms with Gasteiger partial charge in [-0.2, -0.15) is 0 Å². The summed E-state index contributed by atoms with van der Waals surface area (Å²) in [4.78, 5) is 15.6. The first kappa shape index (κ1) is 14.4. The summed E-state index contributed by atoms with van der Waals surface area (Å²) in [5, 5.41) is 0. The van der Waals surface area contributed by atoms with E-state index in [1.54, 1.807) is 42.6 Å². The Hall–Kier alpha value is -3.06. The van der Waals surface area contributed by atoms with Crippen molar-refractivity contribution in [2.24, 2.45) is 10.7 Å². The molecular weight excluding hydrogens is 264 g/mol. The van der Waals surface area contributed by atoms with Gasteiger partial charge in [-0.25, -0.2) is 0 Å². The van der Waals surface area contributed by atoms with Crippen LogP contribution in [0.5, 0.6) is 5.75 Å². The number of aliphatic imine (C=N–C) groups is 1. The number of terminal acetylenes is 1. The average Bonchev–Trinajstić information content (AvgIpc) is 2.52. The highest BCUT2D eigenvalue weighted by atomic mass is 16.5. The fraction of sp³-hybridized carbons (Fsp3) is 0.0588. The second-order valence-corrected chi connectivity index (χ2v) is 4.20. The summed E-state index contributed by atoms with van der Waals surface area (Å²) in [5.41, 5.74) is 7.11. The molecule has 2 N–H and O–H groups in total. The number of nitrogens with zero attached hydrogens (tertiary/aromatic N) is 1. The van der Waals surface area contributed by atoms with Crippen LogP contribution in [0.25, 0.3) is 0 Å². The molecule has 0 saturated carbocycles. The molecule has 0 radical (unpaired) electrons. The molecule has 2 aromatic rings. The minimum atomic E-state index is -0.499. The number of carbonyl (C=O) groups is 1. The number of amides is 1. The Morgan fingerprint density at radius 3 is 2.62 bits per heavy atom. The van der Waals surface area contributed by atoms with Crippen molar-refractivity contribution < 1.29 is 9.53 Å². The molecule has 104 valence electrons. The highest BCUT2D eigenvalue weighted by Gasteiger charge is 2.04. The Kier molecular flexibility index (Phi) is 4.73. The molecule has 0 saturated heterocycles. The van der Waals surface area contributed by atoms with Crippen LogP contribution in [0, 0.1) is 12.3 Å². The molecule has 0 fully saturated rings. The lowest BCUT2D eigenvalue weighted by Gasteiger charge is -2.02. The number of carbonyl (C=O) groups excluding carboxylic acids is 1. The van der Waals surface area contributed by atoms with Crippen LogP contribution in [0.1, 0.15) is 15.9 Å². The number of rotatable bonds is 5. The molecule has 1 amide bonds. The molecule has 0 heterocycles. The summed E-state index contributed by atoms with van der Waals surface area (Å²) in [5.74, 6) is 2.60. The highest BCUT2D eigenvalue weighted by Crippen LogP contribution is 2.18. The van der Waals surface area contributed by atoms with Crippen LogP contribution in [0.15, 0.2) is 53.5 Å². The Morgan fingerprint density at radius 2 is 1.95 bits per heavy atom. The largest absolute Gasteiger partial charge is 0.481 e. The van der Waals surface area contributed by atoms with E-state index in [2.05, 4.69) is 10.9 Å². The molecule has 0 aliphatic rings. The zero-order chi connectivity index (χ0) is 15.1. The van der Waals surface area contributed by atoms with Gasteiger partial charge in [-0.1, -0.05) is 18.1 Å². The molecule has 0 spiro atoms. The molecular formula is C17H14N2O2. The van der Waals surface area contributed by atoms with Crippen molar-refractivity contribution >= 4 is 17.8 Å². The van der Waals surface area contributed by atoms with Crippen molar-refractivity contribution in [1.82, 2.24) is 0 Å². The summed E-state index contributed by atoms with van der Waals surface area (Å²) >= 11 is 0. The maximum absolute atomic E-state index is 11.3. The van der Waals surface area contributed by atoms with Crippen molar-refractivity contribution in [2.45, 2.75) is 0 Å².